The average molecular weight is 304 g/mol. The summed E-state index contributed by atoms with van der Waals surface area (Å²) < 4.78 is 0. The Kier molecular flexibility index (Phi) is 4.04. The van der Waals surface area contributed by atoms with Crippen LogP contribution in [0.15, 0.2) is 6.07 Å². The van der Waals surface area contributed by atoms with Gasteiger partial charge in [-0.15, -0.1) is 0 Å². The van der Waals surface area contributed by atoms with E-state index >= 15 is 0 Å². The molecule has 0 atom stereocenters. The van der Waals surface area contributed by atoms with Crippen LogP contribution in [0.4, 0.5) is 16.6 Å². The lowest BCUT2D eigenvalue weighted by Crippen LogP contribution is -2.46. The van der Waals surface area contributed by atoms with Crippen molar-refractivity contribution in [3.63, 3.8) is 0 Å². The van der Waals surface area contributed by atoms with Crippen LogP contribution in [0.5, 0.6) is 0 Å². The third kappa shape index (κ3) is 2.93. The molecule has 0 spiro atoms. The predicted molar refractivity (Wildman–Crippen MR) is 86.4 cm³/mol. The summed E-state index contributed by atoms with van der Waals surface area (Å²) in [5, 5.41) is 2.88. The van der Waals surface area contributed by atoms with Gasteiger partial charge in [0.25, 0.3) is 0 Å². The predicted octanol–water partition coefficient (Wildman–Crippen LogP) is 0.845. The Morgan fingerprint density at radius 2 is 1.95 bits per heavy atom. The quantitative estimate of drug-likeness (QED) is 0.897. The smallest absolute Gasteiger partial charge is 0.317 e. The van der Waals surface area contributed by atoms with Crippen molar-refractivity contribution in [2.45, 2.75) is 25.8 Å². The molecule has 0 radical (unpaired) electrons. The molecule has 0 unspecified atom stereocenters. The van der Waals surface area contributed by atoms with Gasteiger partial charge in [-0.25, -0.2) is 9.78 Å². The van der Waals surface area contributed by atoms with Crippen molar-refractivity contribution in [3.8, 4) is 0 Å². The highest BCUT2D eigenvalue weighted by molar-refractivity contribution is 5.76. The minimum atomic E-state index is 0.0835. The summed E-state index contributed by atoms with van der Waals surface area (Å²) in [7, 11) is 3.98. The van der Waals surface area contributed by atoms with E-state index in [4.69, 9.17) is 0 Å². The number of piperidine rings is 1. The van der Waals surface area contributed by atoms with Crippen molar-refractivity contribution < 1.29 is 4.79 Å². The van der Waals surface area contributed by atoms with Gasteiger partial charge in [-0.3, -0.25) is 0 Å². The minimum Gasteiger partial charge on any atom is -0.363 e. The van der Waals surface area contributed by atoms with E-state index in [1.807, 2.05) is 36.9 Å². The normalized spacial score (nSPS) is 19.5. The van der Waals surface area contributed by atoms with Crippen molar-refractivity contribution >= 4 is 17.8 Å². The highest BCUT2D eigenvalue weighted by Gasteiger charge is 2.31. The summed E-state index contributed by atoms with van der Waals surface area (Å²) in [4.78, 5) is 27.2. The van der Waals surface area contributed by atoms with Gasteiger partial charge in [0, 0.05) is 58.1 Å². The summed E-state index contributed by atoms with van der Waals surface area (Å²) in [6.07, 6.45) is 1.95. The van der Waals surface area contributed by atoms with E-state index in [2.05, 4.69) is 20.2 Å². The van der Waals surface area contributed by atoms with Crippen molar-refractivity contribution in [2.75, 3.05) is 50.1 Å². The Morgan fingerprint density at radius 3 is 2.55 bits per heavy atom. The van der Waals surface area contributed by atoms with Gasteiger partial charge in [0.15, 0.2) is 0 Å². The second kappa shape index (κ2) is 5.98. The molecule has 7 heteroatoms. The summed E-state index contributed by atoms with van der Waals surface area (Å²) in [6.45, 7) is 5.39. The number of aromatic nitrogens is 2. The van der Waals surface area contributed by atoms with E-state index in [1.54, 1.807) is 0 Å². The van der Waals surface area contributed by atoms with Crippen molar-refractivity contribution in [2.24, 2.45) is 0 Å². The fourth-order valence-electron chi connectivity index (χ4n) is 3.12. The third-order valence-electron chi connectivity index (χ3n) is 4.36. The molecular formula is C15H24N6O. The molecule has 1 N–H and O–H groups in total. The third-order valence-corrected chi connectivity index (χ3v) is 4.36. The Balaban J connectivity index is 1.67. The number of amides is 2. The molecule has 2 aliphatic rings. The van der Waals surface area contributed by atoms with Gasteiger partial charge in [-0.2, -0.15) is 4.98 Å². The maximum atomic E-state index is 11.8. The first-order valence-electron chi connectivity index (χ1n) is 7.87. The first-order chi connectivity index (χ1) is 10.5. The van der Waals surface area contributed by atoms with Gasteiger partial charge < -0.3 is 20.0 Å². The van der Waals surface area contributed by atoms with Crippen LogP contribution in [0, 0.1) is 6.92 Å². The van der Waals surface area contributed by atoms with Crippen LogP contribution in [0.2, 0.25) is 0 Å². The van der Waals surface area contributed by atoms with Gasteiger partial charge in [-0.05, 0) is 19.8 Å². The zero-order valence-electron chi connectivity index (χ0n) is 13.5. The van der Waals surface area contributed by atoms with Crippen LogP contribution >= 0.6 is 0 Å². The van der Waals surface area contributed by atoms with Crippen LogP contribution < -0.4 is 15.1 Å². The van der Waals surface area contributed by atoms with Crippen LogP contribution in [0.25, 0.3) is 0 Å². The topological polar surface area (TPSA) is 64.6 Å². The maximum Gasteiger partial charge on any atom is 0.317 e. The zero-order chi connectivity index (χ0) is 15.7. The highest BCUT2D eigenvalue weighted by Crippen LogP contribution is 2.23. The molecule has 0 saturated carbocycles. The highest BCUT2D eigenvalue weighted by atomic mass is 16.2. The summed E-state index contributed by atoms with van der Waals surface area (Å²) in [5.74, 6) is 1.73. The minimum absolute atomic E-state index is 0.0835. The number of urea groups is 1. The number of nitrogens with one attached hydrogen (secondary N) is 1. The fourth-order valence-corrected chi connectivity index (χ4v) is 3.12. The van der Waals surface area contributed by atoms with E-state index in [9.17, 15) is 4.79 Å². The summed E-state index contributed by atoms with van der Waals surface area (Å²) in [6, 6.07) is 2.42. The lowest BCUT2D eigenvalue weighted by atomic mass is 10.0. The van der Waals surface area contributed by atoms with Crippen LogP contribution in [0.1, 0.15) is 18.5 Å². The monoisotopic (exact) mass is 304 g/mol. The van der Waals surface area contributed by atoms with Crippen molar-refractivity contribution in [1.29, 1.82) is 0 Å². The summed E-state index contributed by atoms with van der Waals surface area (Å²) in [5.41, 5.74) is 0.981. The molecule has 2 fully saturated rings. The second-order valence-electron chi connectivity index (χ2n) is 6.21. The number of carbonyl (C=O) groups excluding carboxylic acids is 1. The lowest BCUT2D eigenvalue weighted by molar-refractivity contribution is 0.186. The molecule has 2 aliphatic heterocycles. The Morgan fingerprint density at radius 1 is 1.23 bits per heavy atom. The molecule has 1 aromatic heterocycles. The molecule has 0 bridgehead atoms. The molecular weight excluding hydrogens is 280 g/mol. The molecule has 2 amide bonds. The fraction of sp³-hybridized carbons (Fsp3) is 0.667. The number of carbonyl (C=O) groups is 1. The average Bonchev–Trinajstić information content (AvgIpc) is 2.93. The number of hydrogen-bond acceptors (Lipinski definition) is 5. The van der Waals surface area contributed by atoms with Gasteiger partial charge in [0.1, 0.15) is 5.82 Å². The SMILES string of the molecule is Cc1cc(N(C)C)nc(N2CCC(N3CCNC3=O)CC2)n1. The van der Waals surface area contributed by atoms with Gasteiger partial charge in [0.05, 0.1) is 0 Å². The summed E-state index contributed by atoms with van der Waals surface area (Å²) >= 11 is 0. The molecule has 2 saturated heterocycles. The number of hydrogen-bond donors (Lipinski definition) is 1. The van der Waals surface area contributed by atoms with E-state index in [1.165, 1.54) is 0 Å². The standard InChI is InChI=1S/C15H24N6O/c1-11-10-13(19(2)3)18-14(17-11)20-7-4-12(5-8-20)21-9-6-16-15(21)22/h10,12H,4-9H2,1-3H3,(H,16,22). The molecule has 1 aromatic rings. The number of anilines is 2. The Hall–Kier alpha value is -2.05. The number of rotatable bonds is 3. The number of aryl methyl sites for hydroxylation is 1. The zero-order valence-corrected chi connectivity index (χ0v) is 13.5. The lowest BCUT2D eigenvalue weighted by Gasteiger charge is -2.36. The van der Waals surface area contributed by atoms with Crippen LogP contribution in [-0.4, -0.2) is 67.2 Å². The first kappa shape index (κ1) is 14.9. The van der Waals surface area contributed by atoms with E-state index in [0.717, 1.165) is 56.5 Å². The van der Waals surface area contributed by atoms with Crippen LogP contribution in [-0.2, 0) is 0 Å². The Labute approximate surface area is 131 Å². The number of nitrogens with zero attached hydrogens (tertiary/aromatic N) is 5. The van der Waals surface area contributed by atoms with E-state index < -0.39 is 0 Å². The molecule has 7 nitrogen and oxygen atoms in total. The molecule has 120 valence electrons. The van der Waals surface area contributed by atoms with Crippen molar-refractivity contribution in [1.82, 2.24) is 20.2 Å². The molecule has 3 rings (SSSR count). The van der Waals surface area contributed by atoms with E-state index in [-0.39, 0.29) is 6.03 Å². The first-order valence-corrected chi connectivity index (χ1v) is 7.87. The largest absolute Gasteiger partial charge is 0.363 e. The Bertz CT molecular complexity index is 553. The van der Waals surface area contributed by atoms with E-state index in [0.29, 0.717) is 6.04 Å². The molecule has 0 aliphatic carbocycles. The second-order valence-corrected chi connectivity index (χ2v) is 6.21. The molecule has 22 heavy (non-hydrogen) atoms. The van der Waals surface area contributed by atoms with Gasteiger partial charge in [-0.1, -0.05) is 0 Å². The molecule has 0 aromatic carbocycles. The molecule has 3 heterocycles. The maximum absolute atomic E-state index is 11.8. The van der Waals surface area contributed by atoms with Crippen LogP contribution in [0.3, 0.4) is 0 Å². The van der Waals surface area contributed by atoms with Crippen molar-refractivity contribution in [3.05, 3.63) is 11.8 Å². The van der Waals surface area contributed by atoms with Gasteiger partial charge in [0.2, 0.25) is 5.95 Å². The van der Waals surface area contributed by atoms with Gasteiger partial charge >= 0.3 is 6.03 Å².